The summed E-state index contributed by atoms with van der Waals surface area (Å²) in [6.45, 7) is 3.33. The molecule has 2 unspecified atom stereocenters. The number of benzene rings is 1. The number of pyridine rings is 1. The van der Waals surface area contributed by atoms with E-state index in [-0.39, 0.29) is 19.3 Å². The van der Waals surface area contributed by atoms with Crippen molar-refractivity contribution in [2.45, 2.75) is 20.3 Å². The summed E-state index contributed by atoms with van der Waals surface area (Å²) in [7, 11) is 0. The number of hydrogen-bond acceptors (Lipinski definition) is 4. The van der Waals surface area contributed by atoms with E-state index in [2.05, 4.69) is 15.6 Å². The molecule has 3 heterocycles. The topological polar surface area (TPSA) is 63.2 Å². The summed E-state index contributed by atoms with van der Waals surface area (Å²) in [6, 6.07) is 11.9. The first-order valence-electron chi connectivity index (χ1n) is 9.41. The van der Waals surface area contributed by atoms with Crippen molar-refractivity contribution in [3.05, 3.63) is 48.8 Å². The van der Waals surface area contributed by atoms with Gasteiger partial charge in [0.2, 0.25) is 5.91 Å². The smallest absolute Gasteiger partial charge is 0.229 e. The largest absolute Gasteiger partial charge is 0.381 e. The maximum absolute atomic E-state index is 12.9. The highest BCUT2D eigenvalue weighted by Crippen LogP contribution is 2.33. The lowest BCUT2D eigenvalue weighted by Gasteiger charge is -2.30. The Morgan fingerprint density at radius 1 is 1.11 bits per heavy atom. The standard InChI is InChI=1S/C21H25N3O2.CH4/c25-21(20-14-23-13-19(20)15-6-9-26-10-7-15)24-18-5-1-3-16(11-18)17-4-2-8-22-12-17;/h1-5,8,11-12,15,19-20,23H,6-7,9-10,13-14H2,(H,24,25);1H4. The van der Waals surface area contributed by atoms with Crippen LogP contribution < -0.4 is 10.6 Å². The molecule has 0 radical (unpaired) electrons. The van der Waals surface area contributed by atoms with Crippen molar-refractivity contribution < 1.29 is 9.53 Å². The molecule has 0 bridgehead atoms. The summed E-state index contributed by atoms with van der Waals surface area (Å²) in [6.07, 6.45) is 5.72. The number of carbonyl (C=O) groups is 1. The number of amides is 1. The number of hydrogen-bond donors (Lipinski definition) is 2. The molecular formula is C22H29N3O2. The fourth-order valence-corrected chi connectivity index (χ4v) is 4.17. The highest BCUT2D eigenvalue weighted by molar-refractivity contribution is 5.93. The summed E-state index contributed by atoms with van der Waals surface area (Å²) in [5.74, 6) is 1.13. The van der Waals surface area contributed by atoms with Gasteiger partial charge in [0, 0.05) is 43.4 Å². The molecule has 0 aliphatic carbocycles. The van der Waals surface area contributed by atoms with Crippen molar-refractivity contribution in [2.24, 2.45) is 17.8 Å². The Balaban J connectivity index is 0.00000210. The van der Waals surface area contributed by atoms with Gasteiger partial charge in [-0.15, -0.1) is 0 Å². The summed E-state index contributed by atoms with van der Waals surface area (Å²) in [5, 5.41) is 6.55. The Kier molecular flexibility index (Phi) is 6.58. The van der Waals surface area contributed by atoms with E-state index >= 15 is 0 Å². The van der Waals surface area contributed by atoms with Crippen LogP contribution in [0.2, 0.25) is 0 Å². The van der Waals surface area contributed by atoms with E-state index in [0.717, 1.165) is 56.0 Å². The molecule has 2 aliphatic heterocycles. The molecule has 2 atom stereocenters. The minimum absolute atomic E-state index is 0. The van der Waals surface area contributed by atoms with Crippen LogP contribution >= 0.6 is 0 Å². The predicted molar refractivity (Wildman–Crippen MR) is 108 cm³/mol. The van der Waals surface area contributed by atoms with E-state index in [9.17, 15) is 4.79 Å². The Morgan fingerprint density at radius 3 is 2.70 bits per heavy atom. The predicted octanol–water partition coefficient (Wildman–Crippen LogP) is 3.59. The van der Waals surface area contributed by atoms with Crippen LogP contribution in [0.4, 0.5) is 5.69 Å². The first-order valence-corrected chi connectivity index (χ1v) is 9.41. The average Bonchev–Trinajstić information content (AvgIpc) is 3.20. The third kappa shape index (κ3) is 4.54. The lowest BCUT2D eigenvalue weighted by Crippen LogP contribution is -2.34. The van der Waals surface area contributed by atoms with E-state index in [1.54, 1.807) is 6.20 Å². The van der Waals surface area contributed by atoms with Gasteiger partial charge >= 0.3 is 0 Å². The Morgan fingerprint density at radius 2 is 1.93 bits per heavy atom. The second-order valence-corrected chi connectivity index (χ2v) is 7.19. The van der Waals surface area contributed by atoms with Gasteiger partial charge in [0.25, 0.3) is 0 Å². The number of aromatic nitrogens is 1. The van der Waals surface area contributed by atoms with Gasteiger partial charge in [-0.1, -0.05) is 25.6 Å². The molecule has 144 valence electrons. The van der Waals surface area contributed by atoms with Crippen molar-refractivity contribution in [1.29, 1.82) is 0 Å². The van der Waals surface area contributed by atoms with Crippen molar-refractivity contribution in [2.75, 3.05) is 31.6 Å². The van der Waals surface area contributed by atoms with Gasteiger partial charge in [0.05, 0.1) is 5.92 Å². The molecular weight excluding hydrogens is 338 g/mol. The second-order valence-electron chi connectivity index (χ2n) is 7.19. The molecule has 5 heteroatoms. The Bertz CT molecular complexity index is 744. The van der Waals surface area contributed by atoms with Crippen LogP contribution in [-0.2, 0) is 9.53 Å². The van der Waals surface area contributed by atoms with Gasteiger partial charge < -0.3 is 15.4 Å². The SMILES string of the molecule is C.O=C(Nc1cccc(-c2cccnc2)c1)C1CNCC1C1CCOCC1. The van der Waals surface area contributed by atoms with Crippen LogP contribution in [0.5, 0.6) is 0 Å². The molecule has 5 nitrogen and oxygen atoms in total. The molecule has 2 fully saturated rings. The molecule has 4 rings (SSSR count). The number of ether oxygens (including phenoxy) is 1. The summed E-state index contributed by atoms with van der Waals surface area (Å²) in [5.41, 5.74) is 2.95. The Labute approximate surface area is 161 Å². The minimum atomic E-state index is 0. The lowest BCUT2D eigenvalue weighted by atomic mass is 9.79. The maximum atomic E-state index is 12.9. The van der Waals surface area contributed by atoms with Crippen LogP contribution in [0.1, 0.15) is 20.3 Å². The van der Waals surface area contributed by atoms with E-state index in [0.29, 0.717) is 11.8 Å². The van der Waals surface area contributed by atoms with Crippen LogP contribution in [0, 0.1) is 17.8 Å². The summed E-state index contributed by atoms with van der Waals surface area (Å²) in [4.78, 5) is 17.1. The number of carbonyl (C=O) groups excluding carboxylic acids is 1. The summed E-state index contributed by atoms with van der Waals surface area (Å²) >= 11 is 0. The molecule has 0 spiro atoms. The van der Waals surface area contributed by atoms with Crippen LogP contribution in [0.25, 0.3) is 11.1 Å². The van der Waals surface area contributed by atoms with Crippen molar-refractivity contribution >= 4 is 11.6 Å². The molecule has 2 aromatic rings. The van der Waals surface area contributed by atoms with E-state index < -0.39 is 0 Å². The van der Waals surface area contributed by atoms with E-state index in [1.807, 2.05) is 42.6 Å². The van der Waals surface area contributed by atoms with Gasteiger partial charge in [0.15, 0.2) is 0 Å². The fourth-order valence-electron chi connectivity index (χ4n) is 4.17. The van der Waals surface area contributed by atoms with Crippen molar-refractivity contribution in [3.63, 3.8) is 0 Å². The monoisotopic (exact) mass is 367 g/mol. The molecule has 0 saturated carbocycles. The van der Waals surface area contributed by atoms with Gasteiger partial charge in [-0.25, -0.2) is 0 Å². The molecule has 27 heavy (non-hydrogen) atoms. The normalized spacial score (nSPS) is 22.8. The zero-order valence-electron chi connectivity index (χ0n) is 14.9. The molecule has 1 aromatic heterocycles. The fraction of sp³-hybridized carbons (Fsp3) is 0.455. The zero-order valence-corrected chi connectivity index (χ0v) is 14.9. The zero-order chi connectivity index (χ0) is 17.8. The highest BCUT2D eigenvalue weighted by atomic mass is 16.5. The number of nitrogens with one attached hydrogen (secondary N) is 2. The first kappa shape index (κ1) is 19.5. The van der Waals surface area contributed by atoms with Gasteiger partial charge in [-0.3, -0.25) is 9.78 Å². The van der Waals surface area contributed by atoms with Crippen molar-refractivity contribution in [3.8, 4) is 11.1 Å². The summed E-state index contributed by atoms with van der Waals surface area (Å²) < 4.78 is 5.48. The van der Waals surface area contributed by atoms with Crippen LogP contribution in [-0.4, -0.2) is 37.2 Å². The average molecular weight is 367 g/mol. The second kappa shape index (κ2) is 9.11. The van der Waals surface area contributed by atoms with Gasteiger partial charge in [-0.05, 0) is 55.0 Å². The van der Waals surface area contributed by atoms with E-state index in [4.69, 9.17) is 4.74 Å². The molecule has 2 saturated heterocycles. The maximum Gasteiger partial charge on any atom is 0.229 e. The van der Waals surface area contributed by atoms with Crippen molar-refractivity contribution in [1.82, 2.24) is 10.3 Å². The molecule has 1 amide bonds. The van der Waals surface area contributed by atoms with E-state index in [1.165, 1.54) is 0 Å². The van der Waals surface area contributed by atoms with Gasteiger partial charge in [0.1, 0.15) is 0 Å². The molecule has 2 aliphatic rings. The molecule has 2 N–H and O–H groups in total. The molecule has 1 aromatic carbocycles. The third-order valence-corrected chi connectivity index (χ3v) is 5.59. The minimum Gasteiger partial charge on any atom is -0.381 e. The number of nitrogens with zero attached hydrogens (tertiary/aromatic N) is 1. The van der Waals surface area contributed by atoms with Crippen LogP contribution in [0.3, 0.4) is 0 Å². The lowest BCUT2D eigenvalue weighted by molar-refractivity contribution is -0.121. The Hall–Kier alpha value is -2.24. The van der Waals surface area contributed by atoms with Gasteiger partial charge in [-0.2, -0.15) is 0 Å². The third-order valence-electron chi connectivity index (χ3n) is 5.59. The van der Waals surface area contributed by atoms with Crippen LogP contribution in [0.15, 0.2) is 48.8 Å². The quantitative estimate of drug-likeness (QED) is 0.867. The number of anilines is 1. The highest BCUT2D eigenvalue weighted by Gasteiger charge is 2.38. The first-order chi connectivity index (χ1) is 12.8. The number of rotatable bonds is 4.